The molecule has 180 valence electrons. The van der Waals surface area contributed by atoms with E-state index < -0.39 is 12.1 Å². The molecule has 0 aliphatic carbocycles. The fourth-order valence-corrected chi connectivity index (χ4v) is 3.69. The minimum absolute atomic E-state index is 0.0134. The second-order valence-electron chi connectivity index (χ2n) is 8.02. The smallest absolute Gasteiger partial charge is 0.475 e. The van der Waals surface area contributed by atoms with Crippen molar-refractivity contribution < 1.29 is 37.1 Å². The number of nitrogens with zero attached hydrogens (tertiary/aromatic N) is 4. The van der Waals surface area contributed by atoms with Gasteiger partial charge in [-0.15, -0.1) is 0 Å². The molecule has 2 aliphatic heterocycles. The number of aliphatic carboxylic acids is 1. The van der Waals surface area contributed by atoms with Gasteiger partial charge in [-0.25, -0.2) is 14.8 Å². The van der Waals surface area contributed by atoms with Gasteiger partial charge in [-0.3, -0.25) is 4.79 Å². The lowest BCUT2D eigenvalue weighted by atomic mass is 9.82. The van der Waals surface area contributed by atoms with Crippen molar-refractivity contribution >= 4 is 17.8 Å². The van der Waals surface area contributed by atoms with Crippen LogP contribution in [-0.4, -0.2) is 75.0 Å². The van der Waals surface area contributed by atoms with Crippen LogP contribution in [0.3, 0.4) is 0 Å². The summed E-state index contributed by atoms with van der Waals surface area (Å²) in [5, 5.41) is 14.2. The minimum Gasteiger partial charge on any atom is -0.475 e. The van der Waals surface area contributed by atoms with Gasteiger partial charge >= 0.3 is 12.1 Å². The number of carbonyl (C=O) groups excluding carboxylic acids is 1. The van der Waals surface area contributed by atoms with Crippen molar-refractivity contribution in [3.8, 4) is 0 Å². The molecular weight excluding hydrogens is 447 g/mol. The van der Waals surface area contributed by atoms with Crippen LogP contribution in [-0.2, 0) is 9.53 Å². The van der Waals surface area contributed by atoms with Crippen molar-refractivity contribution in [1.29, 1.82) is 0 Å². The molecule has 0 bridgehead atoms. The number of likely N-dealkylation sites (tertiary alicyclic amines) is 1. The molecule has 1 unspecified atom stereocenters. The van der Waals surface area contributed by atoms with E-state index >= 15 is 0 Å². The van der Waals surface area contributed by atoms with Crippen LogP contribution in [0.25, 0.3) is 0 Å². The molecular formula is C20H24F3N5O5. The van der Waals surface area contributed by atoms with Crippen molar-refractivity contribution in [1.82, 2.24) is 20.0 Å². The van der Waals surface area contributed by atoms with Gasteiger partial charge in [-0.05, 0) is 38.7 Å². The lowest BCUT2D eigenvalue weighted by molar-refractivity contribution is -0.192. The Morgan fingerprint density at radius 2 is 1.91 bits per heavy atom. The van der Waals surface area contributed by atoms with Gasteiger partial charge < -0.3 is 24.6 Å². The monoisotopic (exact) mass is 471 g/mol. The predicted octanol–water partition coefficient (Wildman–Crippen LogP) is 2.45. The van der Waals surface area contributed by atoms with Gasteiger partial charge in [-0.1, -0.05) is 5.16 Å². The number of carbonyl (C=O) groups is 2. The van der Waals surface area contributed by atoms with E-state index in [0.29, 0.717) is 48.6 Å². The summed E-state index contributed by atoms with van der Waals surface area (Å²) in [5.74, 6) is -1.12. The Morgan fingerprint density at radius 1 is 1.27 bits per heavy atom. The van der Waals surface area contributed by atoms with Gasteiger partial charge in [0.1, 0.15) is 16.9 Å². The molecule has 0 aromatic carbocycles. The van der Waals surface area contributed by atoms with Crippen LogP contribution in [0.5, 0.6) is 0 Å². The summed E-state index contributed by atoms with van der Waals surface area (Å²) in [4.78, 5) is 31.7. The predicted molar refractivity (Wildman–Crippen MR) is 108 cm³/mol. The molecule has 1 atom stereocenters. The van der Waals surface area contributed by atoms with Gasteiger partial charge in [0.2, 0.25) is 5.95 Å². The highest BCUT2D eigenvalue weighted by molar-refractivity contribution is 5.96. The van der Waals surface area contributed by atoms with Crippen molar-refractivity contribution in [2.75, 3.05) is 31.6 Å². The second kappa shape index (κ2) is 9.73. The molecule has 2 aliphatic rings. The number of rotatable bonds is 4. The Morgan fingerprint density at radius 3 is 2.39 bits per heavy atom. The third-order valence-electron chi connectivity index (χ3n) is 5.48. The zero-order chi connectivity index (χ0) is 24.2. The highest BCUT2D eigenvalue weighted by Gasteiger charge is 2.49. The number of carboxylic acid groups (broad SMARTS) is 1. The van der Waals surface area contributed by atoms with Gasteiger partial charge in [0.15, 0.2) is 0 Å². The number of alkyl halides is 3. The summed E-state index contributed by atoms with van der Waals surface area (Å²) < 4.78 is 43.0. The number of anilines is 1. The quantitative estimate of drug-likeness (QED) is 0.690. The lowest BCUT2D eigenvalue weighted by Crippen LogP contribution is -2.66. The molecule has 0 radical (unpaired) electrons. The molecule has 4 rings (SSSR count). The maximum Gasteiger partial charge on any atom is 0.490 e. The van der Waals surface area contributed by atoms with Crippen LogP contribution in [0.4, 0.5) is 19.1 Å². The molecule has 2 aromatic rings. The van der Waals surface area contributed by atoms with Crippen LogP contribution < -0.4 is 5.32 Å². The molecule has 1 spiro atoms. The molecule has 0 saturated carbocycles. The maximum atomic E-state index is 12.6. The topological polar surface area (TPSA) is 131 Å². The molecule has 10 nitrogen and oxygen atoms in total. The summed E-state index contributed by atoms with van der Waals surface area (Å²) in [6.07, 6.45) is 0.384. The van der Waals surface area contributed by atoms with E-state index in [1.807, 2.05) is 4.90 Å². The zero-order valence-corrected chi connectivity index (χ0v) is 18.1. The van der Waals surface area contributed by atoms with Gasteiger partial charge in [0.05, 0.1) is 25.4 Å². The van der Waals surface area contributed by atoms with E-state index in [-0.39, 0.29) is 11.5 Å². The number of aromatic nitrogens is 3. The lowest BCUT2D eigenvalue weighted by Gasteiger charge is -2.52. The Balaban J connectivity index is 0.000000383. The zero-order valence-electron chi connectivity index (χ0n) is 18.1. The Bertz CT molecular complexity index is 947. The van der Waals surface area contributed by atoms with E-state index in [0.717, 1.165) is 19.4 Å². The van der Waals surface area contributed by atoms with Gasteiger partial charge in [0, 0.05) is 18.9 Å². The van der Waals surface area contributed by atoms with Crippen LogP contribution in [0, 0.1) is 19.8 Å². The summed E-state index contributed by atoms with van der Waals surface area (Å²) in [7, 11) is 0. The van der Waals surface area contributed by atoms with Crippen molar-refractivity contribution in [3.63, 3.8) is 0 Å². The van der Waals surface area contributed by atoms with Crippen molar-refractivity contribution in [2.24, 2.45) is 5.92 Å². The molecule has 2 saturated heterocycles. The molecule has 13 heteroatoms. The van der Waals surface area contributed by atoms with Gasteiger partial charge in [0.25, 0.3) is 5.91 Å². The normalized spacial score (nSPS) is 19.3. The average molecular weight is 471 g/mol. The Kier molecular flexibility index (Phi) is 7.20. The molecule has 2 N–H and O–H groups in total. The number of amides is 1. The highest BCUT2D eigenvalue weighted by Crippen LogP contribution is 2.37. The first kappa shape index (κ1) is 24.4. The first-order valence-corrected chi connectivity index (χ1v) is 10.2. The number of nitrogens with one attached hydrogen (secondary N) is 1. The maximum absolute atomic E-state index is 12.6. The molecule has 2 aromatic heterocycles. The third-order valence-corrected chi connectivity index (χ3v) is 5.48. The van der Waals surface area contributed by atoms with Crippen LogP contribution in [0.2, 0.25) is 0 Å². The third kappa shape index (κ3) is 5.97. The first-order valence-electron chi connectivity index (χ1n) is 10.2. The Labute approximate surface area is 187 Å². The summed E-state index contributed by atoms with van der Waals surface area (Å²) in [6.45, 7) is 6.32. The van der Waals surface area contributed by atoms with Gasteiger partial charge in [-0.2, -0.15) is 13.2 Å². The standard InChI is InChI=1S/C18H23N5O3.C2HF3O2/c1-12-15(13(2)26-22-12)16(24)23-10-18(11-23)5-4-14(9-25-18)8-21-17-19-6-3-7-20-17;3-2(4,5)1(6)7/h3,6-7,14H,4-5,8-11H2,1-2H3,(H,19,20,21);(H,6,7). The summed E-state index contributed by atoms with van der Waals surface area (Å²) in [5.41, 5.74) is 1.04. The highest BCUT2D eigenvalue weighted by atomic mass is 19.4. The SMILES string of the molecule is Cc1noc(C)c1C(=O)N1CC2(CCC(CNc3ncccn3)CO2)C1.O=C(O)C(F)(F)F. The van der Waals surface area contributed by atoms with E-state index in [1.54, 1.807) is 32.3 Å². The summed E-state index contributed by atoms with van der Waals surface area (Å²) in [6, 6.07) is 1.80. The fourth-order valence-electron chi connectivity index (χ4n) is 3.69. The minimum atomic E-state index is -5.08. The van der Waals surface area contributed by atoms with E-state index in [9.17, 15) is 18.0 Å². The van der Waals surface area contributed by atoms with Crippen molar-refractivity contribution in [2.45, 2.75) is 38.5 Å². The number of halogens is 3. The molecule has 1 amide bonds. The molecule has 33 heavy (non-hydrogen) atoms. The number of aryl methyl sites for hydroxylation is 2. The van der Waals surface area contributed by atoms with E-state index in [1.165, 1.54) is 0 Å². The summed E-state index contributed by atoms with van der Waals surface area (Å²) >= 11 is 0. The van der Waals surface area contributed by atoms with Crippen LogP contribution >= 0.6 is 0 Å². The number of hydrogen-bond donors (Lipinski definition) is 2. The fraction of sp³-hybridized carbons (Fsp3) is 0.550. The van der Waals surface area contributed by atoms with Crippen LogP contribution in [0.15, 0.2) is 23.0 Å². The van der Waals surface area contributed by atoms with E-state index in [4.69, 9.17) is 19.2 Å². The first-order chi connectivity index (χ1) is 15.5. The van der Waals surface area contributed by atoms with Crippen LogP contribution in [0.1, 0.15) is 34.7 Å². The average Bonchev–Trinajstić information content (AvgIpc) is 3.09. The number of hydrogen-bond acceptors (Lipinski definition) is 8. The second-order valence-corrected chi connectivity index (χ2v) is 8.02. The molecule has 2 fully saturated rings. The number of carboxylic acids is 1. The largest absolute Gasteiger partial charge is 0.490 e. The van der Waals surface area contributed by atoms with Crippen molar-refractivity contribution in [3.05, 3.63) is 35.5 Å². The molecule has 4 heterocycles. The Hall–Kier alpha value is -3.22. The van der Waals surface area contributed by atoms with E-state index in [2.05, 4.69) is 20.4 Å². The number of ether oxygens (including phenoxy) is 1.